The van der Waals surface area contributed by atoms with Crippen molar-refractivity contribution < 1.29 is 9.90 Å². The van der Waals surface area contributed by atoms with Gasteiger partial charge < -0.3 is 5.11 Å². The summed E-state index contributed by atoms with van der Waals surface area (Å²) in [5.74, 6) is -0.673. The molecular weight excluding hydrogens is 272 g/mol. The average molecular weight is 288 g/mol. The molecule has 0 bridgehead atoms. The molecule has 6 heteroatoms. The third kappa shape index (κ3) is 2.71. The van der Waals surface area contributed by atoms with Crippen LogP contribution in [0, 0.1) is 6.92 Å². The molecule has 0 spiro atoms. The zero-order valence-corrected chi connectivity index (χ0v) is 11.8. The highest BCUT2D eigenvalue weighted by Crippen LogP contribution is 2.03. The summed E-state index contributed by atoms with van der Waals surface area (Å²) in [6, 6.07) is 7.60. The highest BCUT2D eigenvalue weighted by atomic mass is 16.3. The smallest absolute Gasteiger partial charge is 0.338 e. The highest BCUT2D eigenvalue weighted by molar-refractivity contribution is 5.95. The van der Waals surface area contributed by atoms with E-state index in [2.05, 4.69) is 0 Å². The van der Waals surface area contributed by atoms with Crippen LogP contribution in [0.25, 0.3) is 0 Å². The van der Waals surface area contributed by atoms with Crippen molar-refractivity contribution >= 4 is 5.91 Å². The van der Waals surface area contributed by atoms with Crippen LogP contribution in [0.2, 0.25) is 0 Å². The highest BCUT2D eigenvalue weighted by Gasteiger charge is 2.18. The molecule has 1 N–H and O–H groups in total. The molecule has 21 heavy (non-hydrogen) atoms. The molecule has 1 unspecified atom stereocenters. The number of aliphatic hydroxyl groups excluding tert-OH is 1. The molecule has 0 fully saturated rings. The number of aryl methyl sites for hydroxylation is 1. The van der Waals surface area contributed by atoms with E-state index >= 15 is 0 Å². The molecule has 2 rings (SSSR count). The minimum atomic E-state index is -0.749. The largest absolute Gasteiger partial charge is 0.394 e. The molecule has 1 heterocycles. The summed E-state index contributed by atoms with van der Waals surface area (Å²) in [5.41, 5.74) is -0.874. The summed E-state index contributed by atoms with van der Waals surface area (Å²) < 4.78 is 1.80. The molecular formula is C15H16N2O4. The number of aromatic nitrogens is 2. The zero-order valence-electron chi connectivity index (χ0n) is 11.8. The van der Waals surface area contributed by atoms with Crippen molar-refractivity contribution in [2.45, 2.75) is 19.9 Å². The normalized spacial score (nSPS) is 12.1. The van der Waals surface area contributed by atoms with Crippen LogP contribution < -0.4 is 11.2 Å². The monoisotopic (exact) mass is 288 g/mol. The Morgan fingerprint density at radius 3 is 2.43 bits per heavy atom. The van der Waals surface area contributed by atoms with Gasteiger partial charge in [-0.05, 0) is 26.0 Å². The van der Waals surface area contributed by atoms with Crippen molar-refractivity contribution in [1.82, 2.24) is 9.13 Å². The van der Waals surface area contributed by atoms with Crippen LogP contribution in [0.3, 0.4) is 0 Å². The third-order valence-corrected chi connectivity index (χ3v) is 3.25. The van der Waals surface area contributed by atoms with Crippen molar-refractivity contribution in [3.8, 4) is 0 Å². The molecule has 0 aliphatic rings. The maximum absolute atomic E-state index is 12.4. The summed E-state index contributed by atoms with van der Waals surface area (Å²) >= 11 is 0. The molecule has 0 aliphatic heterocycles. The molecule has 1 aromatic heterocycles. The van der Waals surface area contributed by atoms with E-state index in [0.29, 0.717) is 4.57 Å². The van der Waals surface area contributed by atoms with Gasteiger partial charge in [-0.25, -0.2) is 4.79 Å². The lowest BCUT2D eigenvalue weighted by molar-refractivity contribution is 0.0946. The quantitative estimate of drug-likeness (QED) is 0.894. The van der Waals surface area contributed by atoms with Gasteiger partial charge in [0.25, 0.3) is 11.5 Å². The minimum Gasteiger partial charge on any atom is -0.394 e. The van der Waals surface area contributed by atoms with Crippen molar-refractivity contribution in [3.05, 3.63) is 68.5 Å². The van der Waals surface area contributed by atoms with Gasteiger partial charge in [-0.15, -0.1) is 0 Å². The van der Waals surface area contributed by atoms with E-state index in [1.165, 1.54) is 29.8 Å². The molecule has 0 saturated heterocycles. The number of benzene rings is 1. The van der Waals surface area contributed by atoms with Gasteiger partial charge in [0.05, 0.1) is 12.6 Å². The maximum atomic E-state index is 12.4. The molecule has 1 aromatic carbocycles. The molecule has 6 nitrogen and oxygen atoms in total. The van der Waals surface area contributed by atoms with Crippen molar-refractivity contribution in [2.75, 3.05) is 6.61 Å². The van der Waals surface area contributed by atoms with Crippen LogP contribution in [-0.2, 0) is 0 Å². The first kappa shape index (κ1) is 14.9. The molecule has 0 amide bonds. The number of hydrogen-bond donors (Lipinski definition) is 1. The Morgan fingerprint density at radius 2 is 1.86 bits per heavy atom. The van der Waals surface area contributed by atoms with Crippen molar-refractivity contribution in [3.63, 3.8) is 0 Å². The number of nitrogens with zero attached hydrogens (tertiary/aromatic N) is 2. The Hall–Kier alpha value is -2.47. The fourth-order valence-electron chi connectivity index (χ4n) is 1.99. The molecule has 0 saturated carbocycles. The first-order valence-corrected chi connectivity index (χ1v) is 6.52. The molecule has 2 aromatic rings. The zero-order chi connectivity index (χ0) is 15.6. The minimum absolute atomic E-state index is 0.255. The predicted molar refractivity (Wildman–Crippen MR) is 77.7 cm³/mol. The van der Waals surface area contributed by atoms with Crippen LogP contribution in [0.5, 0.6) is 0 Å². The van der Waals surface area contributed by atoms with Gasteiger partial charge >= 0.3 is 5.69 Å². The van der Waals surface area contributed by atoms with Crippen LogP contribution in [0.1, 0.15) is 28.9 Å². The van der Waals surface area contributed by atoms with E-state index in [0.717, 1.165) is 0 Å². The van der Waals surface area contributed by atoms with E-state index < -0.39 is 23.2 Å². The molecule has 0 radical (unpaired) electrons. The Kier molecular flexibility index (Phi) is 4.18. The lowest BCUT2D eigenvalue weighted by atomic mass is 10.2. The van der Waals surface area contributed by atoms with E-state index in [1.807, 2.05) is 0 Å². The van der Waals surface area contributed by atoms with Gasteiger partial charge in [-0.2, -0.15) is 4.57 Å². The third-order valence-electron chi connectivity index (χ3n) is 3.25. The lowest BCUT2D eigenvalue weighted by Crippen LogP contribution is -2.45. The SMILES string of the molecule is Cc1cn(C(C)CO)c(=O)n(C(=O)c2ccccc2)c1=O. The number of carbonyl (C=O) groups excluding carboxylic acids is 1. The summed E-state index contributed by atoms with van der Waals surface area (Å²) in [4.78, 5) is 36.9. The molecule has 110 valence electrons. The standard InChI is InChI=1S/C15H16N2O4/c1-10-8-16(11(2)9-18)15(21)17(13(10)19)14(20)12-6-4-3-5-7-12/h3-8,11,18H,9H2,1-2H3. The second kappa shape index (κ2) is 5.88. The van der Waals surface area contributed by atoms with Crippen LogP contribution in [0.4, 0.5) is 0 Å². The van der Waals surface area contributed by atoms with Gasteiger partial charge in [0.15, 0.2) is 0 Å². The number of hydrogen-bond acceptors (Lipinski definition) is 4. The number of rotatable bonds is 3. The van der Waals surface area contributed by atoms with Gasteiger partial charge in [0.1, 0.15) is 0 Å². The topological polar surface area (TPSA) is 81.3 Å². The summed E-state index contributed by atoms with van der Waals surface area (Å²) in [7, 11) is 0. The summed E-state index contributed by atoms with van der Waals surface area (Å²) in [5, 5.41) is 9.19. The van der Waals surface area contributed by atoms with Crippen LogP contribution >= 0.6 is 0 Å². The second-order valence-corrected chi connectivity index (χ2v) is 4.85. The van der Waals surface area contributed by atoms with E-state index in [9.17, 15) is 19.5 Å². The Morgan fingerprint density at radius 1 is 1.24 bits per heavy atom. The molecule has 1 atom stereocenters. The van der Waals surface area contributed by atoms with Crippen molar-refractivity contribution in [1.29, 1.82) is 0 Å². The van der Waals surface area contributed by atoms with E-state index in [-0.39, 0.29) is 17.7 Å². The van der Waals surface area contributed by atoms with Gasteiger partial charge in [-0.3, -0.25) is 14.2 Å². The Labute approximate surface area is 120 Å². The number of carbonyl (C=O) groups is 1. The van der Waals surface area contributed by atoms with Gasteiger partial charge in [0.2, 0.25) is 0 Å². The second-order valence-electron chi connectivity index (χ2n) is 4.85. The first-order chi connectivity index (χ1) is 9.97. The summed E-state index contributed by atoms with van der Waals surface area (Å²) in [6.07, 6.45) is 1.36. The average Bonchev–Trinajstić information content (AvgIpc) is 2.51. The fraction of sp³-hybridized carbons (Fsp3) is 0.267. The Balaban J connectivity index is 2.69. The predicted octanol–water partition coefficient (Wildman–Crippen LogP) is 0.560. The van der Waals surface area contributed by atoms with Crippen LogP contribution in [-0.4, -0.2) is 26.8 Å². The summed E-state index contributed by atoms with van der Waals surface area (Å²) in [6.45, 7) is 2.89. The van der Waals surface area contributed by atoms with E-state index in [4.69, 9.17) is 0 Å². The number of aliphatic hydroxyl groups is 1. The van der Waals surface area contributed by atoms with E-state index in [1.54, 1.807) is 25.1 Å². The Bertz CT molecular complexity index is 774. The lowest BCUT2D eigenvalue weighted by Gasteiger charge is -2.15. The maximum Gasteiger partial charge on any atom is 0.338 e. The molecule has 0 aliphatic carbocycles. The van der Waals surface area contributed by atoms with Crippen molar-refractivity contribution in [2.24, 2.45) is 0 Å². The van der Waals surface area contributed by atoms with Crippen LogP contribution in [0.15, 0.2) is 46.1 Å². The fourth-order valence-corrected chi connectivity index (χ4v) is 1.99. The first-order valence-electron chi connectivity index (χ1n) is 6.52. The van der Waals surface area contributed by atoms with Gasteiger partial charge in [0, 0.05) is 17.3 Å². The van der Waals surface area contributed by atoms with Gasteiger partial charge in [-0.1, -0.05) is 18.2 Å².